The molecule has 4 rings (SSSR count). The highest BCUT2D eigenvalue weighted by molar-refractivity contribution is 5.73. The summed E-state index contributed by atoms with van der Waals surface area (Å²) in [7, 11) is 0. The molecular weight excluding hydrogens is 286 g/mol. The second-order valence-corrected chi connectivity index (χ2v) is 5.25. The molecule has 0 spiro atoms. The predicted octanol–water partition coefficient (Wildman–Crippen LogP) is 4.00. The minimum absolute atomic E-state index is 0.560. The van der Waals surface area contributed by atoms with Gasteiger partial charge in [0.2, 0.25) is 0 Å². The first-order valence-corrected chi connectivity index (χ1v) is 7.48. The van der Waals surface area contributed by atoms with E-state index in [1.54, 1.807) is 4.80 Å². The number of benzene rings is 3. The Morgan fingerprint density at radius 1 is 0.696 bits per heavy atom. The number of fused-ring (bicyclic) bond motifs is 1. The van der Waals surface area contributed by atoms with Gasteiger partial charge in [-0.25, -0.2) is 0 Å². The number of hydrogen-bond acceptors (Lipinski definition) is 3. The maximum Gasteiger partial charge on any atom is 0.119 e. The van der Waals surface area contributed by atoms with Gasteiger partial charge in [-0.2, -0.15) is 4.80 Å². The summed E-state index contributed by atoms with van der Waals surface area (Å²) in [5.74, 6) is 0.828. The van der Waals surface area contributed by atoms with Gasteiger partial charge in [0.05, 0.1) is 5.69 Å². The molecule has 0 aliphatic heterocycles. The van der Waals surface area contributed by atoms with Crippen LogP contribution in [-0.4, -0.2) is 15.0 Å². The molecular formula is C19H15N3O. The lowest BCUT2D eigenvalue weighted by Gasteiger charge is -2.07. The fourth-order valence-corrected chi connectivity index (χ4v) is 2.39. The first-order valence-electron chi connectivity index (χ1n) is 7.48. The Labute approximate surface area is 134 Å². The molecule has 4 heteroatoms. The minimum Gasteiger partial charge on any atom is -0.489 e. The fraction of sp³-hybridized carbons (Fsp3) is 0.0526. The van der Waals surface area contributed by atoms with Gasteiger partial charge in [-0.05, 0) is 42.0 Å². The summed E-state index contributed by atoms with van der Waals surface area (Å²) in [4.78, 5) is 1.64. The fourth-order valence-electron chi connectivity index (χ4n) is 2.39. The van der Waals surface area contributed by atoms with Gasteiger partial charge in [-0.3, -0.25) is 0 Å². The van der Waals surface area contributed by atoms with Crippen LogP contribution in [0.2, 0.25) is 0 Å². The summed E-state index contributed by atoms with van der Waals surface area (Å²) >= 11 is 0. The highest BCUT2D eigenvalue weighted by Gasteiger charge is 2.04. The molecule has 112 valence electrons. The van der Waals surface area contributed by atoms with Gasteiger partial charge in [-0.1, -0.05) is 42.5 Å². The van der Waals surface area contributed by atoms with E-state index < -0.39 is 0 Å². The standard InChI is InChI=1S/C19H15N3O/c1-2-6-15(7-3-1)14-23-17-12-10-16(11-13-17)22-20-18-8-4-5-9-19(18)21-22/h1-13H,14H2. The largest absolute Gasteiger partial charge is 0.489 e. The molecule has 0 N–H and O–H groups in total. The molecule has 0 fully saturated rings. The summed E-state index contributed by atoms with van der Waals surface area (Å²) in [6.45, 7) is 0.560. The van der Waals surface area contributed by atoms with Crippen LogP contribution < -0.4 is 4.74 Å². The van der Waals surface area contributed by atoms with Gasteiger partial charge in [-0.15, -0.1) is 10.2 Å². The molecule has 0 bridgehead atoms. The van der Waals surface area contributed by atoms with Crippen LogP contribution in [0.15, 0.2) is 78.9 Å². The molecule has 3 aromatic carbocycles. The Morgan fingerprint density at radius 3 is 1.96 bits per heavy atom. The SMILES string of the molecule is c1ccc(COc2ccc(-n3nc4ccccc4n3)cc2)cc1. The number of aromatic nitrogens is 3. The van der Waals surface area contributed by atoms with Gasteiger partial charge in [0.15, 0.2) is 0 Å². The molecule has 4 aromatic rings. The van der Waals surface area contributed by atoms with E-state index >= 15 is 0 Å². The number of nitrogens with zero attached hydrogens (tertiary/aromatic N) is 3. The minimum atomic E-state index is 0.560. The lowest BCUT2D eigenvalue weighted by molar-refractivity contribution is 0.306. The Morgan fingerprint density at radius 2 is 1.30 bits per heavy atom. The van der Waals surface area contributed by atoms with Gasteiger partial charge in [0, 0.05) is 0 Å². The summed E-state index contributed by atoms with van der Waals surface area (Å²) in [6.07, 6.45) is 0. The first-order chi connectivity index (χ1) is 11.4. The van der Waals surface area contributed by atoms with Gasteiger partial charge >= 0.3 is 0 Å². The molecule has 0 aliphatic carbocycles. The van der Waals surface area contributed by atoms with Gasteiger partial charge in [0.25, 0.3) is 0 Å². The molecule has 1 heterocycles. The lowest BCUT2D eigenvalue weighted by atomic mass is 10.2. The van der Waals surface area contributed by atoms with Crippen LogP contribution in [0.5, 0.6) is 5.75 Å². The normalized spacial score (nSPS) is 10.8. The van der Waals surface area contributed by atoms with Gasteiger partial charge < -0.3 is 4.74 Å². The Kier molecular flexibility index (Phi) is 3.48. The van der Waals surface area contributed by atoms with Crippen molar-refractivity contribution in [1.82, 2.24) is 15.0 Å². The summed E-state index contributed by atoms with van der Waals surface area (Å²) in [5.41, 5.74) is 3.83. The van der Waals surface area contributed by atoms with E-state index in [2.05, 4.69) is 10.2 Å². The van der Waals surface area contributed by atoms with E-state index in [9.17, 15) is 0 Å². The van der Waals surface area contributed by atoms with Crippen LogP contribution in [0.25, 0.3) is 16.7 Å². The number of hydrogen-bond donors (Lipinski definition) is 0. The van der Waals surface area contributed by atoms with Crippen molar-refractivity contribution in [3.8, 4) is 11.4 Å². The quantitative estimate of drug-likeness (QED) is 0.572. The third-order valence-electron chi connectivity index (χ3n) is 3.60. The van der Waals surface area contributed by atoms with Crippen molar-refractivity contribution in [3.63, 3.8) is 0 Å². The van der Waals surface area contributed by atoms with Crippen LogP contribution in [0.1, 0.15) is 5.56 Å². The summed E-state index contributed by atoms with van der Waals surface area (Å²) < 4.78 is 5.79. The Hall–Kier alpha value is -3.14. The smallest absolute Gasteiger partial charge is 0.119 e. The monoisotopic (exact) mass is 301 g/mol. The predicted molar refractivity (Wildman–Crippen MR) is 89.6 cm³/mol. The van der Waals surface area contributed by atoms with Crippen LogP contribution in [0.3, 0.4) is 0 Å². The highest BCUT2D eigenvalue weighted by atomic mass is 16.5. The molecule has 4 nitrogen and oxygen atoms in total. The molecule has 0 radical (unpaired) electrons. The molecule has 0 saturated heterocycles. The van der Waals surface area contributed by atoms with Gasteiger partial charge in [0.1, 0.15) is 23.4 Å². The summed E-state index contributed by atoms with van der Waals surface area (Å²) in [5, 5.41) is 8.94. The second-order valence-electron chi connectivity index (χ2n) is 5.25. The molecule has 0 amide bonds. The molecule has 0 aliphatic rings. The third-order valence-corrected chi connectivity index (χ3v) is 3.60. The van der Waals surface area contributed by atoms with Crippen molar-refractivity contribution >= 4 is 11.0 Å². The maximum atomic E-state index is 5.79. The van der Waals surface area contributed by atoms with E-state index in [4.69, 9.17) is 4.74 Å². The van der Waals surface area contributed by atoms with E-state index in [-0.39, 0.29) is 0 Å². The lowest BCUT2D eigenvalue weighted by Crippen LogP contribution is -1.99. The van der Waals surface area contributed by atoms with Crippen molar-refractivity contribution < 1.29 is 4.74 Å². The number of rotatable bonds is 4. The average molecular weight is 301 g/mol. The zero-order valence-corrected chi connectivity index (χ0v) is 12.5. The van der Waals surface area contributed by atoms with E-state index in [1.165, 1.54) is 0 Å². The summed E-state index contributed by atoms with van der Waals surface area (Å²) in [6, 6.07) is 25.7. The average Bonchev–Trinajstić information content (AvgIpc) is 3.05. The first kappa shape index (κ1) is 13.5. The van der Waals surface area contributed by atoms with Crippen molar-refractivity contribution in [2.75, 3.05) is 0 Å². The zero-order chi connectivity index (χ0) is 15.5. The zero-order valence-electron chi connectivity index (χ0n) is 12.5. The highest BCUT2D eigenvalue weighted by Crippen LogP contribution is 2.17. The number of ether oxygens (including phenoxy) is 1. The van der Waals surface area contributed by atoms with Crippen molar-refractivity contribution in [3.05, 3.63) is 84.4 Å². The molecule has 0 saturated carbocycles. The second kappa shape index (κ2) is 5.93. The van der Waals surface area contributed by atoms with Crippen molar-refractivity contribution in [2.24, 2.45) is 0 Å². The molecule has 0 unspecified atom stereocenters. The van der Waals surface area contributed by atoms with E-state index in [1.807, 2.05) is 78.9 Å². The maximum absolute atomic E-state index is 5.79. The van der Waals surface area contributed by atoms with Crippen LogP contribution in [0.4, 0.5) is 0 Å². The van der Waals surface area contributed by atoms with Crippen LogP contribution in [0, 0.1) is 0 Å². The molecule has 23 heavy (non-hydrogen) atoms. The topological polar surface area (TPSA) is 39.9 Å². The van der Waals surface area contributed by atoms with E-state index in [0.717, 1.165) is 28.0 Å². The molecule has 1 aromatic heterocycles. The third kappa shape index (κ3) is 2.92. The Balaban J connectivity index is 1.51. The Bertz CT molecular complexity index is 881. The van der Waals surface area contributed by atoms with E-state index in [0.29, 0.717) is 6.61 Å². The van der Waals surface area contributed by atoms with Crippen LogP contribution >= 0.6 is 0 Å². The van der Waals surface area contributed by atoms with Crippen LogP contribution in [-0.2, 0) is 6.61 Å². The van der Waals surface area contributed by atoms with Crippen molar-refractivity contribution in [2.45, 2.75) is 6.61 Å². The molecule has 0 atom stereocenters. The van der Waals surface area contributed by atoms with Crippen molar-refractivity contribution in [1.29, 1.82) is 0 Å².